The number of aliphatic hydroxyl groups excluding tert-OH is 1. The van der Waals surface area contributed by atoms with Gasteiger partial charge in [0.2, 0.25) is 0 Å². The van der Waals surface area contributed by atoms with Gasteiger partial charge in [0.1, 0.15) is 0 Å². The highest BCUT2D eigenvalue weighted by atomic mass is 28.4. The van der Waals surface area contributed by atoms with E-state index in [4.69, 9.17) is 13.9 Å². The van der Waals surface area contributed by atoms with E-state index < -0.39 is 25.1 Å². The lowest BCUT2D eigenvalue weighted by atomic mass is 9.46. The van der Waals surface area contributed by atoms with Crippen LogP contribution in [0.1, 0.15) is 92.9 Å². The van der Waals surface area contributed by atoms with Crippen LogP contribution in [0.5, 0.6) is 0 Å². The van der Waals surface area contributed by atoms with Gasteiger partial charge in [-0.1, -0.05) is 53.2 Å². The van der Waals surface area contributed by atoms with Gasteiger partial charge in [-0.05, 0) is 73.9 Å². The Balaban J connectivity index is 1.42. The van der Waals surface area contributed by atoms with Gasteiger partial charge in [0, 0.05) is 23.7 Å². The summed E-state index contributed by atoms with van der Waals surface area (Å²) in [6, 6.07) is 0. The van der Waals surface area contributed by atoms with Gasteiger partial charge in [-0.15, -0.1) is 0 Å². The summed E-state index contributed by atoms with van der Waals surface area (Å²) in [5.41, 5.74) is -0.111. The normalized spacial score (nSPS) is 43.9. The number of hydrogen-bond acceptors (Lipinski definition) is 5. The topological polar surface area (TPSA) is 68.2 Å². The summed E-state index contributed by atoms with van der Waals surface area (Å²) < 4.78 is 19.7. The molecule has 0 aromatic rings. The van der Waals surface area contributed by atoms with Gasteiger partial charge in [-0.25, -0.2) is 0 Å². The molecule has 4 fully saturated rings. The Kier molecular flexibility index (Phi) is 6.36. The number of hydrogen-bond donors (Lipinski definition) is 2. The van der Waals surface area contributed by atoms with Crippen molar-refractivity contribution in [3.63, 3.8) is 0 Å². The molecule has 0 aromatic heterocycles. The van der Waals surface area contributed by atoms with Gasteiger partial charge < -0.3 is 24.1 Å². The molecule has 3 saturated carbocycles. The Labute approximate surface area is 220 Å². The van der Waals surface area contributed by atoms with Crippen LogP contribution in [0.2, 0.25) is 18.1 Å². The van der Waals surface area contributed by atoms with Crippen molar-refractivity contribution in [3.8, 4) is 0 Å². The number of allylic oxidation sites excluding steroid dienone is 1. The Bertz CT molecular complexity index is 896. The summed E-state index contributed by atoms with van der Waals surface area (Å²) >= 11 is 0. The standard InChI is InChI=1S/C30H52O5Si/c1-25(2,3)36(7,8)35-24-10-9-22-21-11-14-29(32)17-30(33-19-26(4,5)20-34-30)16-15-28(29,18-31)23(21)12-13-27(22,24)6/h12,21-22,24,31-32H,9-11,13-20H2,1-8H3/t21-,22-,24?,27-,28-,29?/m0/s1. The van der Waals surface area contributed by atoms with Crippen molar-refractivity contribution in [3.05, 3.63) is 11.6 Å². The fourth-order valence-corrected chi connectivity index (χ4v) is 9.73. The first-order valence-corrected chi connectivity index (χ1v) is 17.4. The summed E-state index contributed by atoms with van der Waals surface area (Å²) in [4.78, 5) is 0. The van der Waals surface area contributed by atoms with Gasteiger partial charge in [-0.2, -0.15) is 0 Å². The molecule has 1 aliphatic heterocycles. The number of fused-ring (bicyclic) bond motifs is 5. The first kappa shape index (κ1) is 27.3. The van der Waals surface area contributed by atoms with Gasteiger partial charge in [-0.3, -0.25) is 0 Å². The summed E-state index contributed by atoms with van der Waals surface area (Å²) in [6.45, 7) is 19.8. The Morgan fingerprint density at radius 2 is 1.69 bits per heavy atom. The van der Waals surface area contributed by atoms with Crippen molar-refractivity contribution in [1.29, 1.82) is 0 Å². The molecule has 1 saturated heterocycles. The van der Waals surface area contributed by atoms with E-state index in [1.54, 1.807) is 0 Å². The minimum atomic E-state index is -1.86. The molecule has 6 atom stereocenters. The van der Waals surface area contributed by atoms with Gasteiger partial charge >= 0.3 is 0 Å². The minimum Gasteiger partial charge on any atom is -0.413 e. The van der Waals surface area contributed by atoms with Crippen molar-refractivity contribution < 1.29 is 24.1 Å². The largest absolute Gasteiger partial charge is 0.413 e. The van der Waals surface area contributed by atoms with Crippen molar-refractivity contribution in [2.24, 2.45) is 28.1 Å². The molecular formula is C30H52O5Si. The molecule has 5 aliphatic rings. The van der Waals surface area contributed by atoms with Crippen LogP contribution >= 0.6 is 0 Å². The molecule has 0 amide bonds. The van der Waals surface area contributed by atoms with Gasteiger partial charge in [0.05, 0.1) is 31.5 Å². The third-order valence-corrected chi connectivity index (χ3v) is 16.2. The fourth-order valence-electron chi connectivity index (χ4n) is 8.28. The van der Waals surface area contributed by atoms with Crippen molar-refractivity contribution in [2.75, 3.05) is 19.8 Å². The Hall–Kier alpha value is -0.243. The van der Waals surface area contributed by atoms with Crippen LogP contribution in [0.15, 0.2) is 11.6 Å². The average molecular weight is 521 g/mol. The molecule has 2 N–H and O–H groups in total. The lowest BCUT2D eigenvalue weighted by molar-refractivity contribution is -0.345. The second kappa shape index (κ2) is 8.38. The summed E-state index contributed by atoms with van der Waals surface area (Å²) in [6.07, 6.45) is 9.60. The van der Waals surface area contributed by atoms with E-state index in [0.717, 1.165) is 32.1 Å². The third kappa shape index (κ3) is 3.95. The van der Waals surface area contributed by atoms with Crippen LogP contribution in [0.25, 0.3) is 0 Å². The summed E-state index contributed by atoms with van der Waals surface area (Å²) in [5, 5.41) is 23.4. The van der Waals surface area contributed by atoms with Crippen LogP contribution in [-0.2, 0) is 13.9 Å². The van der Waals surface area contributed by atoms with E-state index in [1.807, 2.05) is 0 Å². The van der Waals surface area contributed by atoms with Crippen LogP contribution in [0.3, 0.4) is 0 Å². The van der Waals surface area contributed by atoms with Crippen molar-refractivity contribution >= 4 is 8.32 Å². The molecule has 1 heterocycles. The van der Waals surface area contributed by atoms with Crippen LogP contribution in [-0.4, -0.2) is 55.8 Å². The molecule has 0 radical (unpaired) electrons. The van der Waals surface area contributed by atoms with Crippen LogP contribution in [0, 0.1) is 28.1 Å². The second-order valence-electron chi connectivity index (χ2n) is 15.7. The second-order valence-corrected chi connectivity index (χ2v) is 20.4. The molecule has 206 valence electrons. The van der Waals surface area contributed by atoms with E-state index in [1.165, 1.54) is 12.0 Å². The molecule has 4 aliphatic carbocycles. The first-order valence-electron chi connectivity index (χ1n) is 14.5. The zero-order chi connectivity index (χ0) is 26.4. The fraction of sp³-hybridized carbons (Fsp3) is 0.933. The number of rotatable bonds is 3. The molecule has 6 heteroatoms. The molecule has 5 nitrogen and oxygen atoms in total. The van der Waals surface area contributed by atoms with Crippen molar-refractivity contribution in [1.82, 2.24) is 0 Å². The zero-order valence-corrected chi connectivity index (χ0v) is 25.2. The molecule has 2 unspecified atom stereocenters. The SMILES string of the molecule is CC1(C)COC2(CC[C@]3(CO)C4=CC[C@]5(C)C(O[Si](C)(C)C(C)(C)C)CC[C@H]5[C@@H]4CCC3(O)C2)OC1. The van der Waals surface area contributed by atoms with Gasteiger partial charge in [0.15, 0.2) is 14.1 Å². The lowest BCUT2D eigenvalue weighted by Gasteiger charge is -2.63. The molecule has 1 spiro atoms. The summed E-state index contributed by atoms with van der Waals surface area (Å²) in [5.74, 6) is 0.263. The number of aliphatic hydroxyl groups is 2. The third-order valence-electron chi connectivity index (χ3n) is 11.7. The quantitative estimate of drug-likeness (QED) is 0.343. The van der Waals surface area contributed by atoms with Gasteiger partial charge in [0.25, 0.3) is 0 Å². The smallest absolute Gasteiger partial charge is 0.192 e. The lowest BCUT2D eigenvalue weighted by Crippen LogP contribution is -2.66. The van der Waals surface area contributed by atoms with E-state index in [9.17, 15) is 10.2 Å². The monoisotopic (exact) mass is 520 g/mol. The molecule has 5 rings (SSSR count). The number of ether oxygens (including phenoxy) is 2. The predicted octanol–water partition coefficient (Wildman–Crippen LogP) is 6.20. The maximum atomic E-state index is 12.2. The molecule has 36 heavy (non-hydrogen) atoms. The molecule has 0 aromatic carbocycles. The van der Waals surface area contributed by atoms with E-state index in [2.05, 4.69) is 60.7 Å². The van der Waals surface area contributed by atoms with E-state index >= 15 is 0 Å². The highest BCUT2D eigenvalue weighted by Crippen LogP contribution is 2.67. The molecular weight excluding hydrogens is 468 g/mol. The first-order chi connectivity index (χ1) is 16.5. The molecule has 0 bridgehead atoms. The Morgan fingerprint density at radius 1 is 1.03 bits per heavy atom. The van der Waals surface area contributed by atoms with Crippen LogP contribution in [0.4, 0.5) is 0 Å². The minimum absolute atomic E-state index is 0.000732. The van der Waals surface area contributed by atoms with E-state index in [0.29, 0.717) is 44.0 Å². The highest BCUT2D eigenvalue weighted by Gasteiger charge is 2.67. The van der Waals surface area contributed by atoms with E-state index in [-0.39, 0.29) is 22.5 Å². The average Bonchev–Trinajstić information content (AvgIpc) is 3.10. The van der Waals surface area contributed by atoms with Crippen molar-refractivity contribution in [2.45, 2.75) is 129 Å². The predicted molar refractivity (Wildman–Crippen MR) is 145 cm³/mol. The maximum Gasteiger partial charge on any atom is 0.192 e. The Morgan fingerprint density at radius 3 is 2.31 bits per heavy atom. The highest BCUT2D eigenvalue weighted by molar-refractivity contribution is 6.74. The van der Waals surface area contributed by atoms with Crippen LogP contribution < -0.4 is 0 Å². The maximum absolute atomic E-state index is 12.2. The summed E-state index contributed by atoms with van der Waals surface area (Å²) in [7, 11) is -1.86. The zero-order valence-electron chi connectivity index (χ0n) is 24.2.